The second kappa shape index (κ2) is 8.50. The van der Waals surface area contributed by atoms with Crippen LogP contribution in [0.4, 0.5) is 4.79 Å². The second-order valence-electron chi connectivity index (χ2n) is 7.17. The van der Waals surface area contributed by atoms with E-state index in [1.54, 1.807) is 16.5 Å². The van der Waals surface area contributed by atoms with E-state index in [0.29, 0.717) is 18.0 Å². The van der Waals surface area contributed by atoms with Gasteiger partial charge in [0, 0.05) is 50.7 Å². The minimum absolute atomic E-state index is 0.329. The van der Waals surface area contributed by atoms with Gasteiger partial charge in [0.05, 0.1) is 5.69 Å². The summed E-state index contributed by atoms with van der Waals surface area (Å²) in [6.07, 6.45) is 2.86. The summed E-state index contributed by atoms with van der Waals surface area (Å²) in [6.45, 7) is 6.01. The standard InChI is InChI=1S/C21H25N5O3/c1-24-9-11-25(12-10-24)13-14-28-17-6-4-16(5-7-17)18-15-26-8-2-3-19(20(26)23-18)29-21(22)27/h2-8,15H,9-14H2,1H3,(H2,22,27). The molecule has 1 amide bonds. The van der Waals surface area contributed by atoms with Crippen molar-refractivity contribution in [1.82, 2.24) is 19.2 Å². The molecule has 0 atom stereocenters. The largest absolute Gasteiger partial charge is 0.492 e. The molecule has 0 aliphatic carbocycles. The number of carbonyl (C=O) groups excluding carboxylic acids is 1. The van der Waals surface area contributed by atoms with Crippen molar-refractivity contribution in [2.45, 2.75) is 0 Å². The van der Waals surface area contributed by atoms with Gasteiger partial charge in [0.15, 0.2) is 11.4 Å². The number of rotatable bonds is 6. The van der Waals surface area contributed by atoms with Crippen molar-refractivity contribution in [2.24, 2.45) is 5.73 Å². The smallest absolute Gasteiger partial charge is 0.410 e. The van der Waals surface area contributed by atoms with Gasteiger partial charge < -0.3 is 24.5 Å². The lowest BCUT2D eigenvalue weighted by Gasteiger charge is -2.32. The van der Waals surface area contributed by atoms with E-state index >= 15 is 0 Å². The van der Waals surface area contributed by atoms with Gasteiger partial charge in [-0.05, 0) is 43.4 Å². The molecule has 4 rings (SSSR count). The molecule has 1 fully saturated rings. The van der Waals surface area contributed by atoms with Gasteiger partial charge in [-0.3, -0.25) is 4.90 Å². The van der Waals surface area contributed by atoms with Crippen molar-refractivity contribution in [3.8, 4) is 22.8 Å². The Hall–Kier alpha value is -3.10. The van der Waals surface area contributed by atoms with Crippen LogP contribution >= 0.6 is 0 Å². The van der Waals surface area contributed by atoms with Crippen LogP contribution in [-0.4, -0.2) is 71.7 Å². The zero-order valence-corrected chi connectivity index (χ0v) is 16.5. The molecular weight excluding hydrogens is 370 g/mol. The number of nitrogens with zero attached hydrogens (tertiary/aromatic N) is 4. The van der Waals surface area contributed by atoms with E-state index < -0.39 is 6.09 Å². The van der Waals surface area contributed by atoms with Crippen molar-refractivity contribution < 1.29 is 14.3 Å². The maximum atomic E-state index is 11.1. The Morgan fingerprint density at radius 1 is 1.14 bits per heavy atom. The van der Waals surface area contributed by atoms with Gasteiger partial charge in [0.2, 0.25) is 0 Å². The number of amides is 1. The van der Waals surface area contributed by atoms with Gasteiger partial charge in [-0.15, -0.1) is 0 Å². The second-order valence-corrected chi connectivity index (χ2v) is 7.17. The number of ether oxygens (including phenoxy) is 2. The van der Waals surface area contributed by atoms with Crippen LogP contribution in [0.1, 0.15) is 0 Å². The number of hydrogen-bond donors (Lipinski definition) is 1. The van der Waals surface area contributed by atoms with Crippen LogP contribution in [0.5, 0.6) is 11.5 Å². The molecule has 1 aliphatic heterocycles. The van der Waals surface area contributed by atoms with Gasteiger partial charge >= 0.3 is 6.09 Å². The average molecular weight is 395 g/mol. The highest BCUT2D eigenvalue weighted by Gasteiger charge is 2.13. The average Bonchev–Trinajstić information content (AvgIpc) is 3.15. The Morgan fingerprint density at radius 3 is 2.62 bits per heavy atom. The van der Waals surface area contributed by atoms with E-state index in [4.69, 9.17) is 15.2 Å². The molecule has 8 heteroatoms. The summed E-state index contributed by atoms with van der Waals surface area (Å²) < 4.78 is 12.7. The SMILES string of the molecule is CN1CCN(CCOc2ccc(-c3cn4cccc(OC(N)=O)c4n3)cc2)CC1. The van der Waals surface area contributed by atoms with Gasteiger partial charge in [-0.1, -0.05) is 0 Å². The Kier molecular flexibility index (Phi) is 5.64. The summed E-state index contributed by atoms with van der Waals surface area (Å²) in [5.41, 5.74) is 7.38. The van der Waals surface area contributed by atoms with Crippen LogP contribution in [0.25, 0.3) is 16.9 Å². The van der Waals surface area contributed by atoms with Crippen molar-refractivity contribution >= 4 is 11.7 Å². The molecule has 3 heterocycles. The Labute approximate surface area is 169 Å². The number of hydrogen-bond acceptors (Lipinski definition) is 6. The highest BCUT2D eigenvalue weighted by Crippen LogP contribution is 2.26. The molecular formula is C21H25N5O3. The van der Waals surface area contributed by atoms with Gasteiger partial charge in [-0.25, -0.2) is 9.78 Å². The normalized spacial score (nSPS) is 15.5. The molecule has 0 bridgehead atoms. The molecule has 2 aromatic heterocycles. The molecule has 0 unspecified atom stereocenters. The summed E-state index contributed by atoms with van der Waals surface area (Å²) in [6, 6.07) is 11.3. The fourth-order valence-corrected chi connectivity index (χ4v) is 3.40. The van der Waals surface area contributed by atoms with Gasteiger partial charge in [0.1, 0.15) is 12.4 Å². The van der Waals surface area contributed by atoms with E-state index in [2.05, 4.69) is 21.8 Å². The first-order valence-electron chi connectivity index (χ1n) is 9.67. The molecule has 2 N–H and O–H groups in total. The molecule has 1 saturated heterocycles. The maximum absolute atomic E-state index is 11.1. The first-order chi connectivity index (χ1) is 14.1. The van der Waals surface area contributed by atoms with Crippen molar-refractivity contribution in [3.63, 3.8) is 0 Å². The highest BCUT2D eigenvalue weighted by molar-refractivity contribution is 5.73. The number of carbonyl (C=O) groups is 1. The number of fused-ring (bicyclic) bond motifs is 1. The molecule has 0 spiro atoms. The number of nitrogens with two attached hydrogens (primary N) is 1. The van der Waals surface area contributed by atoms with Crippen LogP contribution in [0.15, 0.2) is 48.8 Å². The van der Waals surface area contributed by atoms with E-state index in [1.807, 2.05) is 36.7 Å². The van der Waals surface area contributed by atoms with E-state index in [9.17, 15) is 4.79 Å². The molecule has 29 heavy (non-hydrogen) atoms. The molecule has 0 radical (unpaired) electrons. The minimum Gasteiger partial charge on any atom is -0.492 e. The number of benzene rings is 1. The predicted octanol–water partition coefficient (Wildman–Crippen LogP) is 2.08. The van der Waals surface area contributed by atoms with Crippen LogP contribution in [-0.2, 0) is 0 Å². The van der Waals surface area contributed by atoms with Crippen LogP contribution in [0.3, 0.4) is 0 Å². The van der Waals surface area contributed by atoms with Crippen molar-refractivity contribution in [3.05, 3.63) is 48.8 Å². The molecule has 0 saturated carbocycles. The topological polar surface area (TPSA) is 85.3 Å². The fraction of sp³-hybridized carbons (Fsp3) is 0.333. The summed E-state index contributed by atoms with van der Waals surface area (Å²) >= 11 is 0. The first kappa shape index (κ1) is 19.2. The van der Waals surface area contributed by atoms with Gasteiger partial charge in [0.25, 0.3) is 0 Å². The van der Waals surface area contributed by atoms with Crippen molar-refractivity contribution in [1.29, 1.82) is 0 Å². The summed E-state index contributed by atoms with van der Waals surface area (Å²) in [5, 5.41) is 0. The maximum Gasteiger partial charge on any atom is 0.410 e. The number of primary amides is 1. The number of piperazine rings is 1. The lowest BCUT2D eigenvalue weighted by molar-refractivity contribution is 0.134. The molecule has 1 aliphatic rings. The zero-order chi connectivity index (χ0) is 20.2. The number of imidazole rings is 1. The summed E-state index contributed by atoms with van der Waals surface area (Å²) in [4.78, 5) is 20.4. The quantitative estimate of drug-likeness (QED) is 0.688. The highest BCUT2D eigenvalue weighted by atomic mass is 16.5. The summed E-state index contributed by atoms with van der Waals surface area (Å²) in [7, 11) is 2.16. The van der Waals surface area contributed by atoms with Crippen molar-refractivity contribution in [2.75, 3.05) is 46.4 Å². The third kappa shape index (κ3) is 4.67. The van der Waals surface area contributed by atoms with Crippen LogP contribution in [0.2, 0.25) is 0 Å². The Balaban J connectivity index is 1.39. The monoisotopic (exact) mass is 395 g/mol. The van der Waals surface area contributed by atoms with Crippen LogP contribution in [0, 0.1) is 0 Å². The third-order valence-electron chi connectivity index (χ3n) is 5.08. The summed E-state index contributed by atoms with van der Waals surface area (Å²) in [5.74, 6) is 1.17. The lowest BCUT2D eigenvalue weighted by Crippen LogP contribution is -2.45. The van der Waals surface area contributed by atoms with E-state index in [0.717, 1.165) is 49.7 Å². The molecule has 1 aromatic carbocycles. The number of likely N-dealkylation sites (N-methyl/N-ethyl adjacent to an activating group) is 1. The zero-order valence-electron chi connectivity index (χ0n) is 16.5. The lowest BCUT2D eigenvalue weighted by atomic mass is 10.2. The third-order valence-corrected chi connectivity index (χ3v) is 5.08. The number of aromatic nitrogens is 2. The van der Waals surface area contributed by atoms with Crippen LogP contribution < -0.4 is 15.2 Å². The predicted molar refractivity (Wildman–Crippen MR) is 110 cm³/mol. The first-order valence-corrected chi connectivity index (χ1v) is 9.67. The molecule has 8 nitrogen and oxygen atoms in total. The molecule has 152 valence electrons. The Morgan fingerprint density at radius 2 is 1.90 bits per heavy atom. The van der Waals surface area contributed by atoms with E-state index in [1.165, 1.54) is 0 Å². The Bertz CT molecular complexity index is 978. The fourth-order valence-electron chi connectivity index (χ4n) is 3.40. The van der Waals surface area contributed by atoms with E-state index in [-0.39, 0.29) is 0 Å². The molecule has 3 aromatic rings. The van der Waals surface area contributed by atoms with Gasteiger partial charge in [-0.2, -0.15) is 0 Å². The number of pyridine rings is 1. The minimum atomic E-state index is -0.860.